The van der Waals surface area contributed by atoms with Gasteiger partial charge in [0.15, 0.2) is 11.6 Å². The van der Waals surface area contributed by atoms with Crippen molar-refractivity contribution in [3.63, 3.8) is 0 Å². The third kappa shape index (κ3) is 4.51. The number of amides is 1. The van der Waals surface area contributed by atoms with Crippen LogP contribution in [0.2, 0.25) is 0 Å². The van der Waals surface area contributed by atoms with Crippen molar-refractivity contribution in [3.8, 4) is 17.3 Å². The highest BCUT2D eigenvalue weighted by atomic mass is 32.2. The van der Waals surface area contributed by atoms with Gasteiger partial charge in [-0.15, -0.1) is 11.8 Å². The normalized spacial score (nSPS) is 11.0. The molecule has 5 aromatic rings. The molecule has 0 saturated heterocycles. The van der Waals surface area contributed by atoms with Crippen molar-refractivity contribution in [3.05, 3.63) is 90.2 Å². The number of carbonyl (C=O) groups excluding carboxylic acids is 1. The van der Waals surface area contributed by atoms with Crippen LogP contribution >= 0.6 is 11.8 Å². The highest BCUT2D eigenvalue weighted by molar-refractivity contribution is 7.98. The van der Waals surface area contributed by atoms with Crippen LogP contribution < -0.4 is 10.1 Å². The van der Waals surface area contributed by atoms with Crippen molar-refractivity contribution in [2.75, 3.05) is 11.6 Å². The van der Waals surface area contributed by atoms with Crippen molar-refractivity contribution in [1.29, 1.82) is 0 Å². The van der Waals surface area contributed by atoms with Crippen LogP contribution in [0.3, 0.4) is 0 Å². The molecule has 1 amide bonds. The van der Waals surface area contributed by atoms with Gasteiger partial charge in [-0.05, 0) is 49.6 Å². The highest BCUT2D eigenvalue weighted by Gasteiger charge is 2.20. The topological polar surface area (TPSA) is 94.5 Å². The van der Waals surface area contributed by atoms with Gasteiger partial charge in [0, 0.05) is 24.1 Å². The number of imidazole rings is 1. The van der Waals surface area contributed by atoms with E-state index in [9.17, 15) is 4.79 Å². The first kappa shape index (κ1) is 21.7. The Morgan fingerprint density at radius 2 is 2.03 bits per heavy atom. The molecule has 0 spiro atoms. The van der Waals surface area contributed by atoms with Crippen LogP contribution in [0.5, 0.6) is 5.75 Å². The number of furan rings is 1. The van der Waals surface area contributed by atoms with E-state index in [1.54, 1.807) is 31.4 Å². The molecule has 0 saturated carbocycles. The van der Waals surface area contributed by atoms with E-state index in [-0.39, 0.29) is 5.91 Å². The number of nitrogens with one attached hydrogen (secondary N) is 1. The number of fused-ring (bicyclic) bond motifs is 1. The van der Waals surface area contributed by atoms with E-state index in [0.29, 0.717) is 45.9 Å². The van der Waals surface area contributed by atoms with Crippen LogP contribution in [0.4, 0.5) is 5.69 Å². The second-order valence-electron chi connectivity index (χ2n) is 7.46. The van der Waals surface area contributed by atoms with Crippen LogP contribution in [-0.2, 0) is 6.61 Å². The molecule has 34 heavy (non-hydrogen) atoms. The van der Waals surface area contributed by atoms with Gasteiger partial charge in [0.2, 0.25) is 0 Å². The van der Waals surface area contributed by atoms with Gasteiger partial charge in [-0.3, -0.25) is 4.79 Å². The SMILES string of the molecule is CSc1nc(-c2ccco2)nc(C)c1C(=O)Nc1cccc(OCc2cn3ccccc3n2)c1. The molecule has 1 N–H and O–H groups in total. The van der Waals surface area contributed by atoms with Crippen LogP contribution in [-0.4, -0.2) is 31.5 Å². The summed E-state index contributed by atoms with van der Waals surface area (Å²) < 4.78 is 13.3. The monoisotopic (exact) mass is 471 g/mol. The molecular formula is C25H21N5O3S. The lowest BCUT2D eigenvalue weighted by atomic mass is 10.2. The van der Waals surface area contributed by atoms with Crippen molar-refractivity contribution in [2.24, 2.45) is 0 Å². The highest BCUT2D eigenvalue weighted by Crippen LogP contribution is 2.26. The molecule has 1 aromatic carbocycles. The number of thioether (sulfide) groups is 1. The largest absolute Gasteiger partial charge is 0.487 e. The van der Waals surface area contributed by atoms with Gasteiger partial charge in [-0.2, -0.15) is 0 Å². The first-order valence-corrected chi connectivity index (χ1v) is 11.8. The molecule has 0 aliphatic heterocycles. The summed E-state index contributed by atoms with van der Waals surface area (Å²) in [6, 6.07) is 16.6. The van der Waals surface area contributed by atoms with E-state index in [0.717, 1.165) is 11.3 Å². The molecule has 0 atom stereocenters. The fourth-order valence-electron chi connectivity index (χ4n) is 3.54. The molecule has 9 heteroatoms. The number of hydrogen-bond acceptors (Lipinski definition) is 7. The Morgan fingerprint density at radius 3 is 2.82 bits per heavy atom. The molecule has 4 aromatic heterocycles. The summed E-state index contributed by atoms with van der Waals surface area (Å²) in [5.74, 6) is 1.35. The molecule has 4 heterocycles. The van der Waals surface area contributed by atoms with Crippen LogP contribution in [0.15, 0.2) is 82.7 Å². The number of hydrogen-bond donors (Lipinski definition) is 1. The number of nitrogens with zero attached hydrogens (tertiary/aromatic N) is 4. The summed E-state index contributed by atoms with van der Waals surface area (Å²) in [5.41, 5.74) is 3.29. The number of carbonyl (C=O) groups is 1. The number of aryl methyl sites for hydroxylation is 1. The van der Waals surface area contributed by atoms with E-state index in [1.165, 1.54) is 11.8 Å². The predicted octanol–water partition coefficient (Wildman–Crippen LogP) is 5.25. The molecule has 0 radical (unpaired) electrons. The van der Waals surface area contributed by atoms with Crippen molar-refractivity contribution in [1.82, 2.24) is 19.4 Å². The van der Waals surface area contributed by atoms with Crippen molar-refractivity contribution >= 4 is 29.0 Å². The maximum Gasteiger partial charge on any atom is 0.260 e. The quantitative estimate of drug-likeness (QED) is 0.256. The third-order valence-corrected chi connectivity index (χ3v) is 5.79. The summed E-state index contributed by atoms with van der Waals surface area (Å²) in [6.07, 6.45) is 7.31. The zero-order chi connectivity index (χ0) is 23.5. The molecule has 0 unspecified atom stereocenters. The average Bonchev–Trinajstić information content (AvgIpc) is 3.52. The lowest BCUT2D eigenvalue weighted by molar-refractivity contribution is 0.102. The second kappa shape index (κ2) is 9.40. The van der Waals surface area contributed by atoms with Crippen LogP contribution in [0.25, 0.3) is 17.2 Å². The van der Waals surface area contributed by atoms with Gasteiger partial charge in [0.1, 0.15) is 23.0 Å². The summed E-state index contributed by atoms with van der Waals surface area (Å²) in [4.78, 5) is 26.7. The Kier molecular flexibility index (Phi) is 6.01. The van der Waals surface area contributed by atoms with Gasteiger partial charge in [-0.1, -0.05) is 12.1 Å². The number of pyridine rings is 1. The number of benzene rings is 1. The van der Waals surface area contributed by atoms with Crippen molar-refractivity contribution in [2.45, 2.75) is 18.6 Å². The van der Waals surface area contributed by atoms with Gasteiger partial charge in [0.05, 0.1) is 23.2 Å². The molecule has 170 valence electrons. The van der Waals surface area contributed by atoms with Crippen molar-refractivity contribution < 1.29 is 13.9 Å². The fraction of sp³-hybridized carbons (Fsp3) is 0.120. The van der Waals surface area contributed by atoms with Crippen LogP contribution in [0.1, 0.15) is 21.7 Å². The van der Waals surface area contributed by atoms with Gasteiger partial charge in [-0.25, -0.2) is 15.0 Å². The first-order valence-electron chi connectivity index (χ1n) is 10.5. The minimum absolute atomic E-state index is 0.287. The van der Waals surface area contributed by atoms with E-state index in [1.807, 2.05) is 59.4 Å². The second-order valence-corrected chi connectivity index (χ2v) is 8.26. The minimum atomic E-state index is -0.287. The first-order chi connectivity index (χ1) is 16.6. The summed E-state index contributed by atoms with van der Waals surface area (Å²) in [5, 5.41) is 3.51. The van der Waals surface area contributed by atoms with Gasteiger partial charge >= 0.3 is 0 Å². The van der Waals surface area contributed by atoms with E-state index in [2.05, 4.69) is 20.3 Å². The maximum atomic E-state index is 13.1. The van der Waals surface area contributed by atoms with E-state index < -0.39 is 0 Å². The Hall–Kier alpha value is -4.11. The number of rotatable bonds is 7. The Morgan fingerprint density at radius 1 is 1.12 bits per heavy atom. The molecule has 8 nitrogen and oxygen atoms in total. The van der Waals surface area contributed by atoms with E-state index in [4.69, 9.17) is 9.15 Å². The zero-order valence-corrected chi connectivity index (χ0v) is 19.4. The molecule has 5 rings (SSSR count). The summed E-state index contributed by atoms with van der Waals surface area (Å²) >= 11 is 1.38. The lowest BCUT2D eigenvalue weighted by Crippen LogP contribution is -2.17. The molecular weight excluding hydrogens is 450 g/mol. The molecule has 0 bridgehead atoms. The third-order valence-electron chi connectivity index (χ3n) is 5.11. The average molecular weight is 472 g/mol. The molecule has 0 aliphatic carbocycles. The Balaban J connectivity index is 1.31. The fourth-order valence-corrected chi connectivity index (χ4v) is 4.17. The Labute approximate surface area is 200 Å². The van der Waals surface area contributed by atoms with Crippen LogP contribution in [0, 0.1) is 6.92 Å². The molecule has 0 aliphatic rings. The number of anilines is 1. The minimum Gasteiger partial charge on any atom is -0.487 e. The summed E-state index contributed by atoms with van der Waals surface area (Å²) in [6.45, 7) is 2.11. The molecule has 0 fully saturated rings. The zero-order valence-electron chi connectivity index (χ0n) is 18.6. The smallest absolute Gasteiger partial charge is 0.260 e. The predicted molar refractivity (Wildman–Crippen MR) is 130 cm³/mol. The lowest BCUT2D eigenvalue weighted by Gasteiger charge is -2.12. The Bertz CT molecular complexity index is 1430. The summed E-state index contributed by atoms with van der Waals surface area (Å²) in [7, 11) is 0. The van der Waals surface area contributed by atoms with Gasteiger partial charge in [0.25, 0.3) is 5.91 Å². The maximum absolute atomic E-state index is 13.1. The van der Waals surface area contributed by atoms with E-state index >= 15 is 0 Å². The number of ether oxygens (including phenoxy) is 1. The number of aromatic nitrogens is 4. The standard InChI is InChI=1S/C25H21N5O3S/c1-16-22(25(34-2)29-23(26-16)20-9-6-12-32-20)24(31)28-17-7-5-8-19(13-17)33-15-18-14-30-11-4-3-10-21(30)27-18/h3-14H,15H2,1-2H3,(H,28,31). The van der Waals surface area contributed by atoms with Gasteiger partial charge < -0.3 is 18.9 Å².